The number of rotatable bonds is 5. The fraction of sp³-hybridized carbons (Fsp3) is 0.250. The average Bonchev–Trinajstić information content (AvgIpc) is 2.95. The standard InChI is InChI=1S/C12H12F3N5O/c13-12(14,15)9-3-1-2-4-10(9)18-19-11(21)5-6-20-8-16-7-17-20/h1-4,7-8,18H,5-6H2,(H,19,21). The number of hydrogen-bond acceptors (Lipinski definition) is 4. The van der Waals surface area contributed by atoms with E-state index in [4.69, 9.17) is 0 Å². The van der Waals surface area contributed by atoms with E-state index < -0.39 is 17.6 Å². The largest absolute Gasteiger partial charge is 0.418 e. The van der Waals surface area contributed by atoms with Gasteiger partial charge in [-0.05, 0) is 12.1 Å². The molecular weight excluding hydrogens is 287 g/mol. The van der Waals surface area contributed by atoms with Gasteiger partial charge in [0.2, 0.25) is 5.91 Å². The Morgan fingerprint density at radius 1 is 1.29 bits per heavy atom. The zero-order valence-corrected chi connectivity index (χ0v) is 10.8. The average molecular weight is 299 g/mol. The molecule has 6 nitrogen and oxygen atoms in total. The molecule has 112 valence electrons. The molecule has 1 amide bonds. The van der Waals surface area contributed by atoms with Gasteiger partial charge >= 0.3 is 6.18 Å². The van der Waals surface area contributed by atoms with Crippen molar-refractivity contribution in [1.82, 2.24) is 20.2 Å². The summed E-state index contributed by atoms with van der Waals surface area (Å²) in [6.45, 7) is 0.286. The number of nitrogens with one attached hydrogen (secondary N) is 2. The third-order valence-electron chi connectivity index (χ3n) is 2.60. The first-order valence-electron chi connectivity index (χ1n) is 6.00. The molecule has 0 saturated carbocycles. The van der Waals surface area contributed by atoms with Crippen molar-refractivity contribution in [3.8, 4) is 0 Å². The summed E-state index contributed by atoms with van der Waals surface area (Å²) in [6, 6.07) is 4.89. The minimum atomic E-state index is -4.49. The lowest BCUT2D eigenvalue weighted by molar-refractivity contribution is -0.137. The van der Waals surface area contributed by atoms with Crippen molar-refractivity contribution in [2.45, 2.75) is 19.1 Å². The summed E-state index contributed by atoms with van der Waals surface area (Å²) < 4.78 is 39.7. The van der Waals surface area contributed by atoms with Gasteiger partial charge in [-0.2, -0.15) is 18.3 Å². The lowest BCUT2D eigenvalue weighted by Crippen LogP contribution is -2.31. The smallest absolute Gasteiger partial charge is 0.298 e. The van der Waals surface area contributed by atoms with Crippen molar-refractivity contribution < 1.29 is 18.0 Å². The molecule has 0 bridgehead atoms. The normalized spacial score (nSPS) is 11.2. The molecule has 2 N–H and O–H groups in total. The molecule has 0 saturated heterocycles. The number of anilines is 1. The number of carbonyl (C=O) groups is 1. The first kappa shape index (κ1) is 14.8. The number of nitrogens with zero attached hydrogens (tertiary/aromatic N) is 3. The third-order valence-corrected chi connectivity index (χ3v) is 2.60. The Kier molecular flexibility index (Phi) is 4.41. The molecule has 0 unspecified atom stereocenters. The molecule has 2 rings (SSSR count). The molecule has 0 aliphatic carbocycles. The Morgan fingerprint density at radius 3 is 2.71 bits per heavy atom. The number of para-hydroxylation sites is 1. The van der Waals surface area contributed by atoms with Gasteiger partial charge in [-0.1, -0.05) is 12.1 Å². The molecular formula is C12H12F3N5O. The first-order chi connectivity index (χ1) is 9.97. The summed E-state index contributed by atoms with van der Waals surface area (Å²) in [6.07, 6.45) is -1.66. The number of carbonyl (C=O) groups excluding carboxylic acids is 1. The van der Waals surface area contributed by atoms with E-state index in [9.17, 15) is 18.0 Å². The van der Waals surface area contributed by atoms with E-state index in [1.807, 2.05) is 0 Å². The predicted octanol–water partition coefficient (Wildman–Crippen LogP) is 1.83. The number of hydrogen-bond donors (Lipinski definition) is 2. The van der Waals surface area contributed by atoms with Crippen LogP contribution in [0.25, 0.3) is 0 Å². The minimum Gasteiger partial charge on any atom is -0.298 e. The van der Waals surface area contributed by atoms with Gasteiger partial charge in [-0.15, -0.1) is 0 Å². The van der Waals surface area contributed by atoms with Crippen LogP contribution in [0.5, 0.6) is 0 Å². The quantitative estimate of drug-likeness (QED) is 0.826. The topological polar surface area (TPSA) is 71.8 Å². The predicted molar refractivity (Wildman–Crippen MR) is 67.8 cm³/mol. The van der Waals surface area contributed by atoms with Crippen molar-refractivity contribution in [3.63, 3.8) is 0 Å². The van der Waals surface area contributed by atoms with Gasteiger partial charge < -0.3 is 0 Å². The number of alkyl halides is 3. The summed E-state index contributed by atoms with van der Waals surface area (Å²) in [5.41, 5.74) is 3.45. The number of aryl methyl sites for hydroxylation is 1. The Morgan fingerprint density at radius 2 is 2.05 bits per heavy atom. The third kappa shape index (κ3) is 4.20. The van der Waals surface area contributed by atoms with Gasteiger partial charge in [0.15, 0.2) is 0 Å². The maximum atomic E-state index is 12.7. The van der Waals surface area contributed by atoms with E-state index in [0.29, 0.717) is 0 Å². The van der Waals surface area contributed by atoms with Crippen molar-refractivity contribution in [2.24, 2.45) is 0 Å². The highest BCUT2D eigenvalue weighted by Gasteiger charge is 2.33. The monoisotopic (exact) mass is 299 g/mol. The molecule has 0 spiro atoms. The van der Waals surface area contributed by atoms with Crippen LogP contribution in [0.3, 0.4) is 0 Å². The molecule has 9 heteroatoms. The van der Waals surface area contributed by atoms with Crippen LogP contribution in [-0.4, -0.2) is 20.7 Å². The second-order valence-corrected chi connectivity index (χ2v) is 4.13. The fourth-order valence-electron chi connectivity index (χ4n) is 1.60. The lowest BCUT2D eigenvalue weighted by atomic mass is 10.2. The van der Waals surface area contributed by atoms with Crippen molar-refractivity contribution in [2.75, 3.05) is 5.43 Å². The van der Waals surface area contributed by atoms with Crippen molar-refractivity contribution in [3.05, 3.63) is 42.5 Å². The molecule has 2 aromatic rings. The maximum Gasteiger partial charge on any atom is 0.418 e. The minimum absolute atomic E-state index is 0.0601. The number of amides is 1. The van der Waals surface area contributed by atoms with Gasteiger partial charge in [-0.3, -0.25) is 20.3 Å². The first-order valence-corrected chi connectivity index (χ1v) is 6.00. The number of hydrazine groups is 1. The molecule has 0 aliphatic heterocycles. The van der Waals surface area contributed by atoms with E-state index in [1.165, 1.54) is 35.5 Å². The van der Waals surface area contributed by atoms with Crippen molar-refractivity contribution in [1.29, 1.82) is 0 Å². The van der Waals surface area contributed by atoms with Gasteiger partial charge in [0.05, 0.1) is 17.8 Å². The highest BCUT2D eigenvalue weighted by Crippen LogP contribution is 2.34. The highest BCUT2D eigenvalue weighted by atomic mass is 19.4. The van der Waals surface area contributed by atoms with E-state index in [0.717, 1.165) is 6.07 Å². The maximum absolute atomic E-state index is 12.7. The van der Waals surface area contributed by atoms with Gasteiger partial charge in [0.1, 0.15) is 12.7 Å². The Labute approximate surface area is 118 Å². The molecule has 0 fully saturated rings. The molecule has 21 heavy (non-hydrogen) atoms. The van der Waals surface area contributed by atoms with Crippen LogP contribution >= 0.6 is 0 Å². The Hall–Kier alpha value is -2.58. The molecule has 1 heterocycles. The van der Waals surface area contributed by atoms with Crippen LogP contribution in [-0.2, 0) is 17.5 Å². The summed E-state index contributed by atoms with van der Waals surface area (Å²) in [5.74, 6) is -0.456. The van der Waals surface area contributed by atoms with Gasteiger partial charge in [0.25, 0.3) is 0 Å². The summed E-state index contributed by atoms with van der Waals surface area (Å²) in [5, 5.41) is 3.81. The van der Waals surface area contributed by atoms with E-state index >= 15 is 0 Å². The molecule has 0 atom stereocenters. The van der Waals surface area contributed by atoms with Crippen LogP contribution in [0.15, 0.2) is 36.9 Å². The fourth-order valence-corrected chi connectivity index (χ4v) is 1.60. The lowest BCUT2D eigenvalue weighted by Gasteiger charge is -2.14. The van der Waals surface area contributed by atoms with Crippen molar-refractivity contribution >= 4 is 11.6 Å². The second-order valence-electron chi connectivity index (χ2n) is 4.13. The van der Waals surface area contributed by atoms with E-state index in [1.54, 1.807) is 0 Å². The second kappa shape index (κ2) is 6.25. The Balaban J connectivity index is 1.89. The molecule has 1 aromatic carbocycles. The molecule has 0 aliphatic rings. The van der Waals surface area contributed by atoms with E-state index in [2.05, 4.69) is 20.9 Å². The summed E-state index contributed by atoms with van der Waals surface area (Å²) in [7, 11) is 0. The van der Waals surface area contributed by atoms with Gasteiger partial charge in [-0.25, -0.2) is 4.98 Å². The number of benzene rings is 1. The number of halogens is 3. The molecule has 0 radical (unpaired) electrons. The zero-order chi connectivity index (χ0) is 15.3. The summed E-state index contributed by atoms with van der Waals surface area (Å²) in [4.78, 5) is 15.3. The zero-order valence-electron chi connectivity index (χ0n) is 10.8. The van der Waals surface area contributed by atoms with Crippen LogP contribution in [0.1, 0.15) is 12.0 Å². The number of aromatic nitrogens is 3. The van der Waals surface area contributed by atoms with Gasteiger partial charge in [0, 0.05) is 6.42 Å². The highest BCUT2D eigenvalue weighted by molar-refractivity contribution is 5.77. The Bertz CT molecular complexity index is 597. The molecule has 1 aromatic heterocycles. The van der Waals surface area contributed by atoms with Crippen LogP contribution < -0.4 is 10.9 Å². The SMILES string of the molecule is O=C(CCn1cncn1)NNc1ccccc1C(F)(F)F. The van der Waals surface area contributed by atoms with Crippen LogP contribution in [0.4, 0.5) is 18.9 Å². The van der Waals surface area contributed by atoms with E-state index in [-0.39, 0.29) is 18.7 Å². The summed E-state index contributed by atoms with van der Waals surface area (Å²) >= 11 is 0. The van der Waals surface area contributed by atoms with Crippen LogP contribution in [0, 0.1) is 0 Å². The van der Waals surface area contributed by atoms with Crippen LogP contribution in [0.2, 0.25) is 0 Å².